The van der Waals surface area contributed by atoms with Crippen molar-refractivity contribution in [3.8, 4) is 0 Å². The van der Waals surface area contributed by atoms with Crippen LogP contribution in [-0.4, -0.2) is 11.7 Å². The van der Waals surface area contributed by atoms with E-state index in [0.29, 0.717) is 25.8 Å². The third kappa shape index (κ3) is 3.44. The highest BCUT2D eigenvalue weighted by molar-refractivity contribution is 5.90. The summed E-state index contributed by atoms with van der Waals surface area (Å²) in [5, 5.41) is 2.90. The molecule has 1 aliphatic carbocycles. The third-order valence-electron chi connectivity index (χ3n) is 3.63. The van der Waals surface area contributed by atoms with Gasteiger partial charge in [-0.15, -0.1) is 0 Å². The number of benzene rings is 1. The molecule has 1 aliphatic rings. The van der Waals surface area contributed by atoms with Gasteiger partial charge in [-0.05, 0) is 29.2 Å². The molecule has 1 atom stereocenters. The fraction of sp³-hybridized carbons (Fsp3) is 0.294. The topological polar surface area (TPSA) is 46.2 Å². The van der Waals surface area contributed by atoms with Crippen LogP contribution in [0.4, 0.5) is 0 Å². The van der Waals surface area contributed by atoms with E-state index in [1.807, 2.05) is 24.3 Å². The second-order valence-electron chi connectivity index (χ2n) is 5.13. The lowest BCUT2D eigenvalue weighted by atomic mass is 10.0. The number of ketones is 1. The maximum Gasteiger partial charge on any atom is 0.223 e. The number of carbonyl (C=O) groups is 2. The molecule has 0 aromatic heterocycles. The summed E-state index contributed by atoms with van der Waals surface area (Å²) in [6.45, 7) is 8.08. The molecule has 1 saturated carbocycles. The fourth-order valence-corrected chi connectivity index (χ4v) is 2.37. The van der Waals surface area contributed by atoms with Crippen molar-refractivity contribution in [3.05, 3.63) is 54.6 Å². The molecule has 2 rings (SSSR count). The Morgan fingerprint density at radius 2 is 2.25 bits per heavy atom. The number of hydrogen-bond donors (Lipinski definition) is 1. The molecule has 1 unspecified atom stereocenters. The SMILES string of the molecule is C=CC(=C)c1cccc(CNC(=O)C2CCC(=O)C2)c1. The van der Waals surface area contributed by atoms with Gasteiger partial charge in [0.25, 0.3) is 0 Å². The van der Waals surface area contributed by atoms with Gasteiger partial charge in [-0.2, -0.15) is 0 Å². The first-order valence-corrected chi connectivity index (χ1v) is 6.80. The summed E-state index contributed by atoms with van der Waals surface area (Å²) in [7, 11) is 0. The molecule has 1 fully saturated rings. The van der Waals surface area contributed by atoms with Crippen LogP contribution < -0.4 is 5.32 Å². The Kier molecular flexibility index (Phi) is 4.51. The van der Waals surface area contributed by atoms with Crippen LogP contribution in [0.3, 0.4) is 0 Å². The maximum atomic E-state index is 11.9. The molecule has 0 radical (unpaired) electrons. The van der Waals surface area contributed by atoms with E-state index in [-0.39, 0.29) is 17.6 Å². The van der Waals surface area contributed by atoms with Crippen molar-refractivity contribution in [3.63, 3.8) is 0 Å². The standard InChI is InChI=1S/C17H19NO2/c1-3-12(2)14-6-4-5-13(9-14)11-18-17(20)15-7-8-16(19)10-15/h3-6,9,15H,1-2,7-8,10-11H2,(H,18,20). The molecule has 1 amide bonds. The van der Waals surface area contributed by atoms with Crippen molar-refractivity contribution < 1.29 is 9.59 Å². The second kappa shape index (κ2) is 6.33. The molecule has 104 valence electrons. The Morgan fingerprint density at radius 1 is 1.45 bits per heavy atom. The van der Waals surface area contributed by atoms with Crippen molar-refractivity contribution in [2.45, 2.75) is 25.8 Å². The number of allylic oxidation sites excluding steroid dienone is 2. The quantitative estimate of drug-likeness (QED) is 0.835. The normalized spacial score (nSPS) is 17.8. The molecule has 0 heterocycles. The maximum absolute atomic E-state index is 11.9. The van der Waals surface area contributed by atoms with Crippen molar-refractivity contribution in [2.24, 2.45) is 5.92 Å². The predicted octanol–water partition coefficient (Wildman–Crippen LogP) is 2.87. The Labute approximate surface area is 119 Å². The van der Waals surface area contributed by atoms with E-state index in [4.69, 9.17) is 0 Å². The largest absolute Gasteiger partial charge is 0.352 e. The highest BCUT2D eigenvalue weighted by Crippen LogP contribution is 2.22. The monoisotopic (exact) mass is 269 g/mol. The van der Waals surface area contributed by atoms with Crippen LogP contribution in [0.2, 0.25) is 0 Å². The number of Topliss-reactive ketones (excluding diaryl/α,β-unsaturated/α-hetero) is 1. The average Bonchev–Trinajstić information content (AvgIpc) is 2.91. The number of rotatable bonds is 5. The lowest BCUT2D eigenvalue weighted by Crippen LogP contribution is -2.29. The average molecular weight is 269 g/mol. The van der Waals surface area contributed by atoms with E-state index in [0.717, 1.165) is 16.7 Å². The van der Waals surface area contributed by atoms with Gasteiger partial charge >= 0.3 is 0 Å². The van der Waals surface area contributed by atoms with E-state index in [1.165, 1.54) is 0 Å². The molecule has 1 aromatic carbocycles. The van der Waals surface area contributed by atoms with Gasteiger partial charge in [0.05, 0.1) is 0 Å². The lowest BCUT2D eigenvalue weighted by Gasteiger charge is -2.10. The fourth-order valence-electron chi connectivity index (χ4n) is 2.37. The van der Waals surface area contributed by atoms with Crippen LogP contribution in [0.1, 0.15) is 30.4 Å². The second-order valence-corrected chi connectivity index (χ2v) is 5.13. The zero-order valence-corrected chi connectivity index (χ0v) is 11.5. The van der Waals surface area contributed by atoms with Gasteiger partial charge < -0.3 is 5.32 Å². The molecular weight excluding hydrogens is 250 g/mol. The van der Waals surface area contributed by atoms with Crippen molar-refractivity contribution >= 4 is 17.3 Å². The molecule has 3 heteroatoms. The molecule has 0 spiro atoms. The van der Waals surface area contributed by atoms with Crippen LogP contribution in [0.5, 0.6) is 0 Å². The summed E-state index contributed by atoms with van der Waals surface area (Å²) >= 11 is 0. The summed E-state index contributed by atoms with van der Waals surface area (Å²) in [5.41, 5.74) is 2.88. The lowest BCUT2D eigenvalue weighted by molar-refractivity contribution is -0.126. The first-order valence-electron chi connectivity index (χ1n) is 6.80. The Morgan fingerprint density at radius 3 is 2.90 bits per heavy atom. The Balaban J connectivity index is 1.93. The third-order valence-corrected chi connectivity index (χ3v) is 3.63. The highest BCUT2D eigenvalue weighted by atomic mass is 16.2. The van der Waals surface area contributed by atoms with Gasteiger partial charge in [-0.3, -0.25) is 9.59 Å². The van der Waals surface area contributed by atoms with E-state index in [9.17, 15) is 9.59 Å². The summed E-state index contributed by atoms with van der Waals surface area (Å²) in [5.74, 6) is 0.0204. The molecular formula is C17H19NO2. The smallest absolute Gasteiger partial charge is 0.223 e. The van der Waals surface area contributed by atoms with Gasteiger partial charge in [-0.1, -0.05) is 37.4 Å². The number of nitrogens with one attached hydrogen (secondary N) is 1. The van der Waals surface area contributed by atoms with E-state index < -0.39 is 0 Å². The van der Waals surface area contributed by atoms with E-state index >= 15 is 0 Å². The van der Waals surface area contributed by atoms with Gasteiger partial charge in [0.1, 0.15) is 5.78 Å². The summed E-state index contributed by atoms with van der Waals surface area (Å²) in [4.78, 5) is 23.1. The molecule has 0 aliphatic heterocycles. The van der Waals surface area contributed by atoms with Crippen LogP contribution in [-0.2, 0) is 16.1 Å². The minimum atomic E-state index is -0.145. The zero-order valence-electron chi connectivity index (χ0n) is 11.5. The minimum Gasteiger partial charge on any atom is -0.352 e. The number of carbonyl (C=O) groups excluding carboxylic acids is 2. The van der Waals surface area contributed by atoms with Gasteiger partial charge in [0.15, 0.2) is 0 Å². The minimum absolute atomic E-state index is 0.0243. The van der Waals surface area contributed by atoms with Gasteiger partial charge in [0.2, 0.25) is 5.91 Å². The predicted molar refractivity (Wildman–Crippen MR) is 79.9 cm³/mol. The first-order chi connectivity index (χ1) is 9.60. The molecule has 1 aromatic rings. The molecule has 20 heavy (non-hydrogen) atoms. The summed E-state index contributed by atoms with van der Waals surface area (Å²) < 4.78 is 0. The summed E-state index contributed by atoms with van der Waals surface area (Å²) in [6.07, 6.45) is 3.31. The highest BCUT2D eigenvalue weighted by Gasteiger charge is 2.27. The Hall–Kier alpha value is -2.16. The molecule has 0 saturated heterocycles. The molecule has 1 N–H and O–H groups in total. The van der Waals surface area contributed by atoms with Crippen LogP contribution in [0.25, 0.3) is 5.57 Å². The number of hydrogen-bond acceptors (Lipinski definition) is 2. The van der Waals surface area contributed by atoms with E-state index in [1.54, 1.807) is 6.08 Å². The van der Waals surface area contributed by atoms with Crippen molar-refractivity contribution in [1.29, 1.82) is 0 Å². The van der Waals surface area contributed by atoms with Gasteiger partial charge in [-0.25, -0.2) is 0 Å². The van der Waals surface area contributed by atoms with Crippen LogP contribution in [0, 0.1) is 5.92 Å². The van der Waals surface area contributed by atoms with Gasteiger partial charge in [0, 0.05) is 25.3 Å². The van der Waals surface area contributed by atoms with Crippen molar-refractivity contribution in [2.75, 3.05) is 0 Å². The Bertz CT molecular complexity index is 560. The number of amides is 1. The molecule has 0 bridgehead atoms. The van der Waals surface area contributed by atoms with E-state index in [2.05, 4.69) is 18.5 Å². The first kappa shape index (κ1) is 14.3. The zero-order chi connectivity index (χ0) is 14.5. The van der Waals surface area contributed by atoms with Crippen LogP contribution >= 0.6 is 0 Å². The summed E-state index contributed by atoms with van der Waals surface area (Å²) in [6, 6.07) is 7.85. The van der Waals surface area contributed by atoms with Crippen molar-refractivity contribution in [1.82, 2.24) is 5.32 Å². The van der Waals surface area contributed by atoms with Crippen LogP contribution in [0.15, 0.2) is 43.5 Å². The molecule has 3 nitrogen and oxygen atoms in total.